The van der Waals surface area contributed by atoms with E-state index in [0.29, 0.717) is 18.3 Å². The zero-order valence-corrected chi connectivity index (χ0v) is 24.9. The zero-order chi connectivity index (χ0) is 27.8. The van der Waals surface area contributed by atoms with Crippen molar-refractivity contribution in [3.63, 3.8) is 0 Å². The third kappa shape index (κ3) is 4.53. The molecule has 0 aromatic rings. The average molecular weight is 519 g/mol. The first-order valence-corrected chi connectivity index (χ1v) is 14.8. The van der Waals surface area contributed by atoms with E-state index < -0.39 is 17.3 Å². The number of ether oxygens (including phenoxy) is 1. The van der Waals surface area contributed by atoms with Gasteiger partial charge in [-0.15, -0.1) is 0 Å². The smallest absolute Gasteiger partial charge is 0.302 e. The Morgan fingerprint density at radius 2 is 1.59 bits per heavy atom. The molecule has 5 nitrogen and oxygen atoms in total. The molecule has 0 aliphatic heterocycles. The molecule has 0 radical (unpaired) electrons. The van der Waals surface area contributed by atoms with Crippen LogP contribution in [0.2, 0.25) is 0 Å². The minimum Gasteiger partial charge on any atom is -0.462 e. The fourth-order valence-corrected chi connectivity index (χ4v) is 10.7. The maximum Gasteiger partial charge on any atom is 0.302 e. The number of aliphatic hydroxyl groups excluding tert-OH is 1. The highest BCUT2D eigenvalue weighted by Gasteiger charge is 2.71. The van der Waals surface area contributed by atoms with Gasteiger partial charge < -0.3 is 20.1 Å². The van der Waals surface area contributed by atoms with Crippen LogP contribution in [-0.4, -0.2) is 44.7 Å². The Morgan fingerprint density at radius 3 is 2.19 bits per heavy atom. The lowest BCUT2D eigenvalue weighted by molar-refractivity contribution is -0.229. The predicted molar refractivity (Wildman–Crippen MR) is 147 cm³/mol. The van der Waals surface area contributed by atoms with E-state index in [9.17, 15) is 20.1 Å². The largest absolute Gasteiger partial charge is 0.462 e. The van der Waals surface area contributed by atoms with Gasteiger partial charge in [0.25, 0.3) is 0 Å². The van der Waals surface area contributed by atoms with Crippen LogP contribution in [0.15, 0.2) is 12.2 Å². The van der Waals surface area contributed by atoms with Gasteiger partial charge in [-0.2, -0.15) is 0 Å². The molecule has 4 aliphatic rings. The van der Waals surface area contributed by atoms with Gasteiger partial charge >= 0.3 is 5.97 Å². The monoisotopic (exact) mass is 518 g/mol. The summed E-state index contributed by atoms with van der Waals surface area (Å²) in [5.41, 5.74) is -1.80. The Balaban J connectivity index is 1.63. The van der Waals surface area contributed by atoms with Gasteiger partial charge in [-0.3, -0.25) is 4.79 Å². The number of carbonyl (C=O) groups is 1. The lowest BCUT2D eigenvalue weighted by atomic mass is 9.35. The average Bonchev–Trinajstić information content (AvgIpc) is 3.00. The summed E-state index contributed by atoms with van der Waals surface area (Å²) in [6.45, 7) is 18.9. The zero-order valence-electron chi connectivity index (χ0n) is 24.9. The summed E-state index contributed by atoms with van der Waals surface area (Å²) >= 11 is 0. The maximum absolute atomic E-state index is 11.9. The molecule has 0 aromatic heterocycles. The van der Waals surface area contributed by atoms with E-state index in [-0.39, 0.29) is 45.6 Å². The summed E-state index contributed by atoms with van der Waals surface area (Å²) in [5, 5.41) is 33.3. The molecule has 5 heteroatoms. The van der Waals surface area contributed by atoms with Crippen molar-refractivity contribution in [1.82, 2.24) is 0 Å². The number of hydrogen-bond donors (Lipinski definition) is 3. The lowest BCUT2D eigenvalue weighted by Gasteiger charge is -2.70. The Hall–Kier alpha value is -0.910. The van der Waals surface area contributed by atoms with Crippen LogP contribution in [-0.2, 0) is 9.53 Å². The van der Waals surface area contributed by atoms with E-state index in [1.165, 1.54) is 6.92 Å². The van der Waals surface area contributed by atoms with Gasteiger partial charge in [0.2, 0.25) is 0 Å². The fourth-order valence-electron chi connectivity index (χ4n) is 10.7. The SMILES string of the molecule is CC(=O)OC1CCC2(C)C(CCC3(C)C2CCC2C(C(C)(O)CC=CC(C)(C)O)C(O)CC23C)C1(C)C. The molecular formula is C32H54O5. The van der Waals surface area contributed by atoms with E-state index in [1.54, 1.807) is 19.9 Å². The standard InChI is InChI=1S/C32H54O5/c1-20(33)37-25-14-17-29(6)23(28(25,4)5)13-18-30(7)24(29)12-11-21-26(22(34)19-31(21,30)8)32(9,36)16-10-15-27(2,3)35/h10,15,21-26,34-36H,11-14,16-19H2,1-9H3. The molecule has 0 spiro atoms. The molecule has 4 aliphatic carbocycles. The minimum absolute atomic E-state index is 0.0240. The number of fused-ring (bicyclic) bond motifs is 5. The van der Waals surface area contributed by atoms with Gasteiger partial charge in [0, 0.05) is 18.3 Å². The third-order valence-electron chi connectivity index (χ3n) is 12.4. The highest BCUT2D eigenvalue weighted by molar-refractivity contribution is 5.66. The summed E-state index contributed by atoms with van der Waals surface area (Å²) < 4.78 is 5.85. The van der Waals surface area contributed by atoms with Crippen LogP contribution in [0.3, 0.4) is 0 Å². The molecule has 4 rings (SSSR count). The number of carbonyl (C=O) groups excluding carboxylic acids is 1. The molecule has 10 atom stereocenters. The Labute approximate surface area is 225 Å². The minimum atomic E-state index is -1.03. The second-order valence-electron chi connectivity index (χ2n) is 15.5. The van der Waals surface area contributed by atoms with Gasteiger partial charge in [-0.25, -0.2) is 0 Å². The van der Waals surface area contributed by atoms with E-state index in [2.05, 4.69) is 34.6 Å². The molecular weight excluding hydrogens is 464 g/mol. The number of esters is 1. The summed E-state index contributed by atoms with van der Waals surface area (Å²) in [7, 11) is 0. The molecule has 37 heavy (non-hydrogen) atoms. The second-order valence-corrected chi connectivity index (χ2v) is 15.5. The summed E-state index contributed by atoms with van der Waals surface area (Å²) in [5.74, 6) is 0.950. The summed E-state index contributed by atoms with van der Waals surface area (Å²) in [6, 6.07) is 0. The number of aliphatic hydroxyl groups is 3. The topological polar surface area (TPSA) is 87.0 Å². The normalized spacial score (nSPS) is 47.0. The van der Waals surface area contributed by atoms with Crippen molar-refractivity contribution in [2.75, 3.05) is 0 Å². The van der Waals surface area contributed by atoms with Gasteiger partial charge in [-0.1, -0.05) is 46.8 Å². The van der Waals surface area contributed by atoms with Crippen molar-refractivity contribution in [3.8, 4) is 0 Å². The molecule has 3 N–H and O–H groups in total. The van der Waals surface area contributed by atoms with Crippen molar-refractivity contribution in [2.45, 2.75) is 137 Å². The van der Waals surface area contributed by atoms with Gasteiger partial charge in [0.05, 0.1) is 17.3 Å². The number of rotatable bonds is 5. The van der Waals surface area contributed by atoms with E-state index in [4.69, 9.17) is 4.74 Å². The molecule has 0 amide bonds. The molecule has 10 unspecified atom stereocenters. The lowest BCUT2D eigenvalue weighted by Crippen LogP contribution is -2.64. The highest BCUT2D eigenvalue weighted by atomic mass is 16.5. The van der Waals surface area contributed by atoms with Crippen molar-refractivity contribution in [2.24, 2.45) is 45.3 Å². The van der Waals surface area contributed by atoms with Crippen molar-refractivity contribution >= 4 is 5.97 Å². The van der Waals surface area contributed by atoms with E-state index >= 15 is 0 Å². The molecule has 0 aromatic carbocycles. The molecule has 0 bridgehead atoms. The van der Waals surface area contributed by atoms with Crippen molar-refractivity contribution in [3.05, 3.63) is 12.2 Å². The first-order valence-electron chi connectivity index (χ1n) is 14.8. The van der Waals surface area contributed by atoms with Crippen LogP contribution in [0.25, 0.3) is 0 Å². The highest BCUT2D eigenvalue weighted by Crippen LogP contribution is 2.75. The second kappa shape index (κ2) is 9.06. The number of hydrogen-bond acceptors (Lipinski definition) is 5. The molecule has 4 fully saturated rings. The quantitative estimate of drug-likeness (QED) is 0.305. The first kappa shape index (κ1) is 29.1. The summed E-state index contributed by atoms with van der Waals surface area (Å²) in [6.07, 6.45) is 10.6. The Morgan fingerprint density at radius 1 is 0.946 bits per heavy atom. The van der Waals surface area contributed by atoms with Crippen molar-refractivity contribution in [1.29, 1.82) is 0 Å². The van der Waals surface area contributed by atoms with Gasteiger partial charge in [-0.05, 0) is 106 Å². The Bertz CT molecular complexity index is 915. The molecule has 4 saturated carbocycles. The molecule has 212 valence electrons. The Kier molecular flexibility index (Phi) is 7.12. The maximum atomic E-state index is 11.9. The third-order valence-corrected chi connectivity index (χ3v) is 12.4. The van der Waals surface area contributed by atoms with Crippen LogP contribution in [0.1, 0.15) is 114 Å². The van der Waals surface area contributed by atoms with Crippen LogP contribution < -0.4 is 0 Å². The first-order chi connectivity index (χ1) is 16.8. The van der Waals surface area contributed by atoms with Crippen LogP contribution in [0.4, 0.5) is 0 Å². The van der Waals surface area contributed by atoms with Gasteiger partial charge in [0.1, 0.15) is 6.10 Å². The van der Waals surface area contributed by atoms with Gasteiger partial charge in [0.15, 0.2) is 0 Å². The van der Waals surface area contributed by atoms with Crippen LogP contribution in [0, 0.1) is 45.3 Å². The van der Waals surface area contributed by atoms with E-state index in [1.807, 2.05) is 13.0 Å². The van der Waals surface area contributed by atoms with Crippen LogP contribution in [0.5, 0.6) is 0 Å². The van der Waals surface area contributed by atoms with Crippen molar-refractivity contribution < 1.29 is 24.9 Å². The predicted octanol–water partition coefficient (Wildman–Crippen LogP) is 6.04. The summed E-state index contributed by atoms with van der Waals surface area (Å²) in [4.78, 5) is 11.9. The molecule has 0 heterocycles. The van der Waals surface area contributed by atoms with E-state index in [0.717, 1.165) is 44.9 Å². The van der Waals surface area contributed by atoms with Crippen LogP contribution >= 0.6 is 0 Å². The fraction of sp³-hybridized carbons (Fsp3) is 0.906. The molecule has 0 saturated heterocycles.